The van der Waals surface area contributed by atoms with Gasteiger partial charge in [-0.3, -0.25) is 14.6 Å². The highest BCUT2D eigenvalue weighted by Gasteiger charge is 2.60. The van der Waals surface area contributed by atoms with E-state index in [1.807, 2.05) is 13.0 Å². The molecule has 9 nitrogen and oxygen atoms in total. The zero-order chi connectivity index (χ0) is 27.5. The van der Waals surface area contributed by atoms with Crippen LogP contribution < -0.4 is 4.74 Å². The number of H-pyrrole nitrogens is 1. The smallest absolute Gasteiger partial charge is 0.328 e. The standard InChI is InChI=1S/C29H34FN5O4/c1-29-17-21-20-15-24(39-3)22(30)16-23(20)31-25(21)26(18-6-4-7-19(36)14-18)35(29)28(38)34(27(29)37)9-5-8-33-12-10-32(2)11-13-33/h4,6-7,14-16,26,31,36H,5,8-13,17H2,1-3H3. The molecule has 2 atom stereocenters. The maximum atomic E-state index is 14.6. The highest BCUT2D eigenvalue weighted by atomic mass is 19.1. The molecule has 3 aliphatic heterocycles. The van der Waals surface area contributed by atoms with E-state index in [0.717, 1.165) is 43.7 Å². The van der Waals surface area contributed by atoms with E-state index in [1.165, 1.54) is 18.1 Å². The van der Waals surface area contributed by atoms with Crippen LogP contribution in [0.4, 0.5) is 9.18 Å². The lowest BCUT2D eigenvalue weighted by molar-refractivity contribution is -0.133. The maximum Gasteiger partial charge on any atom is 0.328 e. The summed E-state index contributed by atoms with van der Waals surface area (Å²) in [7, 11) is 3.53. The number of hydrogen-bond acceptors (Lipinski definition) is 6. The Hall–Kier alpha value is -3.63. The largest absolute Gasteiger partial charge is 0.508 e. The van der Waals surface area contributed by atoms with Gasteiger partial charge in [0.15, 0.2) is 11.6 Å². The van der Waals surface area contributed by atoms with Crippen molar-refractivity contribution < 1.29 is 23.8 Å². The second kappa shape index (κ2) is 9.53. The van der Waals surface area contributed by atoms with Gasteiger partial charge in [-0.1, -0.05) is 12.1 Å². The first kappa shape index (κ1) is 25.6. The molecule has 0 saturated carbocycles. The number of methoxy groups -OCH3 is 1. The molecule has 0 radical (unpaired) electrons. The van der Waals surface area contributed by atoms with Gasteiger partial charge in [-0.05, 0) is 56.3 Å². The van der Waals surface area contributed by atoms with Gasteiger partial charge < -0.3 is 24.6 Å². The number of imide groups is 1. The third-order valence-corrected chi connectivity index (χ3v) is 8.58. The van der Waals surface area contributed by atoms with Crippen LogP contribution in [0.25, 0.3) is 10.9 Å². The number of rotatable bonds is 6. The second-order valence-electron chi connectivity index (χ2n) is 11.1. The van der Waals surface area contributed by atoms with Crippen molar-refractivity contribution in [3.05, 3.63) is 59.0 Å². The van der Waals surface area contributed by atoms with Crippen LogP contribution in [0.3, 0.4) is 0 Å². The molecular weight excluding hydrogens is 501 g/mol. The summed E-state index contributed by atoms with van der Waals surface area (Å²) in [6, 6.07) is 8.76. The second-order valence-corrected chi connectivity index (χ2v) is 11.1. The number of hydrogen-bond donors (Lipinski definition) is 2. The zero-order valence-corrected chi connectivity index (χ0v) is 22.5. The van der Waals surface area contributed by atoms with Crippen LogP contribution in [-0.2, 0) is 11.2 Å². The number of benzene rings is 2. The van der Waals surface area contributed by atoms with Crippen molar-refractivity contribution >= 4 is 22.8 Å². The highest BCUT2D eigenvalue weighted by molar-refractivity contribution is 6.08. The number of likely N-dealkylation sites (N-methyl/N-ethyl adjacent to an activating group) is 1. The Kier molecular flexibility index (Phi) is 6.27. The Morgan fingerprint density at radius 1 is 1.13 bits per heavy atom. The van der Waals surface area contributed by atoms with Crippen molar-refractivity contribution in [2.24, 2.45) is 0 Å². The monoisotopic (exact) mass is 535 g/mol. The summed E-state index contributed by atoms with van der Waals surface area (Å²) in [5.41, 5.74) is 1.65. The molecule has 2 N–H and O–H groups in total. The third-order valence-electron chi connectivity index (χ3n) is 8.58. The molecule has 206 valence electrons. The summed E-state index contributed by atoms with van der Waals surface area (Å²) in [4.78, 5) is 39.0. The number of aromatic nitrogens is 1. The minimum Gasteiger partial charge on any atom is -0.508 e. The van der Waals surface area contributed by atoms with E-state index in [9.17, 15) is 19.1 Å². The molecule has 1 aromatic heterocycles. The number of phenolic OH excluding ortho intramolecular Hbond substituents is 1. The summed E-state index contributed by atoms with van der Waals surface area (Å²) >= 11 is 0. The van der Waals surface area contributed by atoms with E-state index in [0.29, 0.717) is 29.7 Å². The Bertz CT molecular complexity index is 1450. The van der Waals surface area contributed by atoms with Crippen molar-refractivity contribution in [1.29, 1.82) is 0 Å². The molecule has 2 unspecified atom stereocenters. The number of urea groups is 1. The van der Waals surface area contributed by atoms with Crippen molar-refractivity contribution in [3.8, 4) is 11.5 Å². The molecule has 2 fully saturated rings. The molecule has 2 aromatic carbocycles. The molecule has 39 heavy (non-hydrogen) atoms. The van der Waals surface area contributed by atoms with Crippen LogP contribution in [0, 0.1) is 5.82 Å². The fourth-order valence-corrected chi connectivity index (χ4v) is 6.44. The predicted molar refractivity (Wildman–Crippen MR) is 144 cm³/mol. The number of carbonyl (C=O) groups excluding carboxylic acids is 2. The van der Waals surface area contributed by atoms with Crippen molar-refractivity contribution in [3.63, 3.8) is 0 Å². The van der Waals surface area contributed by atoms with Gasteiger partial charge in [0.2, 0.25) is 0 Å². The number of carbonyl (C=O) groups is 2. The van der Waals surface area contributed by atoms with E-state index in [1.54, 1.807) is 29.2 Å². The fourth-order valence-electron chi connectivity index (χ4n) is 6.44. The number of aromatic hydroxyl groups is 1. The van der Waals surface area contributed by atoms with Crippen LogP contribution in [0.5, 0.6) is 11.5 Å². The van der Waals surface area contributed by atoms with Crippen molar-refractivity contribution in [2.45, 2.75) is 31.3 Å². The minimum absolute atomic E-state index is 0.0622. The number of phenols is 1. The molecule has 2 saturated heterocycles. The average molecular weight is 536 g/mol. The number of aromatic amines is 1. The number of nitrogens with one attached hydrogen (secondary N) is 1. The first-order valence-corrected chi connectivity index (χ1v) is 13.4. The van der Waals surface area contributed by atoms with Crippen LogP contribution in [0.15, 0.2) is 36.4 Å². The van der Waals surface area contributed by atoms with Gasteiger partial charge in [0.1, 0.15) is 17.3 Å². The van der Waals surface area contributed by atoms with Gasteiger partial charge >= 0.3 is 6.03 Å². The summed E-state index contributed by atoms with van der Waals surface area (Å²) in [6.45, 7) is 6.97. The summed E-state index contributed by atoms with van der Waals surface area (Å²) in [5, 5.41) is 11.1. The predicted octanol–water partition coefficient (Wildman–Crippen LogP) is 3.33. The topological polar surface area (TPSA) is 92.3 Å². The van der Waals surface area contributed by atoms with Gasteiger partial charge in [-0.25, -0.2) is 9.18 Å². The minimum atomic E-state index is -1.13. The van der Waals surface area contributed by atoms with E-state index < -0.39 is 17.4 Å². The van der Waals surface area contributed by atoms with Gasteiger partial charge in [0.05, 0.1) is 7.11 Å². The normalized spacial score (nSPS) is 23.9. The third kappa shape index (κ3) is 4.13. The average Bonchev–Trinajstić information content (AvgIpc) is 3.34. The Morgan fingerprint density at radius 2 is 1.90 bits per heavy atom. The number of piperazine rings is 1. The molecule has 3 aliphatic rings. The van der Waals surface area contributed by atoms with Gasteiger partial charge in [-0.15, -0.1) is 0 Å². The lowest BCUT2D eigenvalue weighted by Crippen LogP contribution is -2.53. The molecule has 3 aromatic rings. The molecule has 6 rings (SSSR count). The highest BCUT2D eigenvalue weighted by Crippen LogP contribution is 2.49. The van der Waals surface area contributed by atoms with Crippen molar-refractivity contribution in [1.82, 2.24) is 24.6 Å². The van der Waals surface area contributed by atoms with Crippen molar-refractivity contribution in [2.75, 3.05) is 53.4 Å². The SMILES string of the molecule is COc1cc2c3c([nH]c2cc1F)C(c1cccc(O)c1)N1C(=O)N(CCCN2CCN(C)CC2)C(=O)C1(C)C3. The lowest BCUT2D eigenvalue weighted by atomic mass is 9.81. The number of amides is 3. The summed E-state index contributed by atoms with van der Waals surface area (Å²) in [6.07, 6.45) is 0.985. The first-order chi connectivity index (χ1) is 18.7. The Morgan fingerprint density at radius 3 is 2.62 bits per heavy atom. The molecule has 4 heterocycles. The number of fused-ring (bicyclic) bond motifs is 4. The van der Waals surface area contributed by atoms with Gasteiger partial charge in [0.25, 0.3) is 5.91 Å². The van der Waals surface area contributed by atoms with Gasteiger partial charge in [0, 0.05) is 61.8 Å². The number of ether oxygens (including phenoxy) is 1. The molecule has 0 spiro atoms. The van der Waals surface area contributed by atoms with E-state index >= 15 is 0 Å². The molecule has 3 amide bonds. The van der Waals surface area contributed by atoms with Crippen LogP contribution in [0.1, 0.15) is 36.2 Å². The Balaban J connectivity index is 1.38. The first-order valence-electron chi connectivity index (χ1n) is 13.4. The van der Waals surface area contributed by atoms with Crippen LogP contribution in [-0.4, -0.2) is 101 Å². The van der Waals surface area contributed by atoms with E-state index in [2.05, 4.69) is 21.8 Å². The maximum absolute atomic E-state index is 14.6. The summed E-state index contributed by atoms with van der Waals surface area (Å²) in [5.74, 6) is -0.551. The van der Waals surface area contributed by atoms with E-state index in [-0.39, 0.29) is 29.9 Å². The quantitative estimate of drug-likeness (QED) is 0.471. The Labute approximate surface area is 226 Å². The molecule has 0 aliphatic carbocycles. The van der Waals surface area contributed by atoms with E-state index in [4.69, 9.17) is 4.74 Å². The summed E-state index contributed by atoms with van der Waals surface area (Å²) < 4.78 is 19.8. The number of nitrogens with zero attached hydrogens (tertiary/aromatic N) is 4. The molecular formula is C29H34FN5O4. The molecule has 10 heteroatoms. The van der Waals surface area contributed by atoms with Gasteiger partial charge in [-0.2, -0.15) is 0 Å². The number of halogens is 1. The van der Waals surface area contributed by atoms with Crippen LogP contribution >= 0.6 is 0 Å². The fraction of sp³-hybridized carbons (Fsp3) is 0.448. The van der Waals surface area contributed by atoms with Crippen LogP contribution in [0.2, 0.25) is 0 Å². The molecule has 0 bridgehead atoms. The zero-order valence-electron chi connectivity index (χ0n) is 22.5. The lowest BCUT2D eigenvalue weighted by Gasteiger charge is -2.42.